The van der Waals surface area contributed by atoms with E-state index in [9.17, 15) is 9.59 Å². The molecular formula is C18H26N4O4. The lowest BCUT2D eigenvalue weighted by molar-refractivity contribution is -0.126. The highest BCUT2D eigenvalue weighted by molar-refractivity contribution is 5.93. The van der Waals surface area contributed by atoms with Crippen LogP contribution in [0.1, 0.15) is 19.3 Å². The van der Waals surface area contributed by atoms with Crippen LogP contribution in [0.5, 0.6) is 11.5 Å². The monoisotopic (exact) mass is 362 g/mol. The van der Waals surface area contributed by atoms with Gasteiger partial charge in [0.2, 0.25) is 11.8 Å². The number of amides is 2. The summed E-state index contributed by atoms with van der Waals surface area (Å²) in [7, 11) is 3.14. The molecule has 0 spiro atoms. The molecule has 0 saturated carbocycles. The van der Waals surface area contributed by atoms with Gasteiger partial charge in [-0.1, -0.05) is 0 Å². The van der Waals surface area contributed by atoms with E-state index in [2.05, 4.69) is 21.1 Å². The molecule has 142 valence electrons. The van der Waals surface area contributed by atoms with E-state index in [4.69, 9.17) is 9.47 Å². The summed E-state index contributed by atoms with van der Waals surface area (Å²) < 4.78 is 10.5. The van der Waals surface area contributed by atoms with E-state index in [-0.39, 0.29) is 23.8 Å². The number of carbonyl (C=O) groups is 2. The Hall–Kier alpha value is -2.32. The molecule has 0 aromatic heterocycles. The average molecular weight is 362 g/mol. The zero-order valence-electron chi connectivity index (χ0n) is 15.2. The molecule has 26 heavy (non-hydrogen) atoms. The van der Waals surface area contributed by atoms with Crippen LogP contribution in [0.15, 0.2) is 18.2 Å². The van der Waals surface area contributed by atoms with Crippen LogP contribution in [-0.4, -0.2) is 56.6 Å². The maximum Gasteiger partial charge on any atom is 0.235 e. The number of piperidine rings is 1. The van der Waals surface area contributed by atoms with Crippen molar-refractivity contribution in [3.05, 3.63) is 18.2 Å². The average Bonchev–Trinajstić information content (AvgIpc) is 2.68. The molecule has 2 amide bonds. The molecule has 8 heteroatoms. The summed E-state index contributed by atoms with van der Waals surface area (Å²) in [6.07, 6.45) is 2.27. The second-order valence-electron chi connectivity index (χ2n) is 6.68. The van der Waals surface area contributed by atoms with Gasteiger partial charge in [-0.05, 0) is 31.5 Å². The molecule has 3 rings (SSSR count). The molecule has 0 radical (unpaired) electrons. The van der Waals surface area contributed by atoms with Crippen molar-refractivity contribution in [1.82, 2.24) is 15.8 Å². The summed E-state index contributed by atoms with van der Waals surface area (Å²) in [5, 5.41) is 2.97. The Morgan fingerprint density at radius 3 is 2.81 bits per heavy atom. The Kier molecular flexibility index (Phi) is 5.95. The van der Waals surface area contributed by atoms with Crippen LogP contribution < -0.4 is 25.6 Å². The Labute approximate surface area is 153 Å². The number of nitrogens with one attached hydrogen (secondary N) is 3. The van der Waals surface area contributed by atoms with Gasteiger partial charge in [-0.15, -0.1) is 0 Å². The molecule has 2 saturated heterocycles. The Morgan fingerprint density at radius 2 is 2.08 bits per heavy atom. The molecule has 8 nitrogen and oxygen atoms in total. The molecule has 0 aliphatic carbocycles. The van der Waals surface area contributed by atoms with Gasteiger partial charge in [0.25, 0.3) is 0 Å². The summed E-state index contributed by atoms with van der Waals surface area (Å²) in [4.78, 5) is 26.5. The van der Waals surface area contributed by atoms with Gasteiger partial charge in [0.15, 0.2) is 11.5 Å². The third-order valence-corrected chi connectivity index (χ3v) is 4.98. The van der Waals surface area contributed by atoms with Gasteiger partial charge >= 0.3 is 0 Å². The number of likely N-dealkylation sites (tertiary alicyclic amines) is 1. The molecule has 2 heterocycles. The highest BCUT2D eigenvalue weighted by Gasteiger charge is 2.32. The van der Waals surface area contributed by atoms with Crippen molar-refractivity contribution in [1.29, 1.82) is 0 Å². The van der Waals surface area contributed by atoms with Crippen molar-refractivity contribution < 1.29 is 19.1 Å². The molecule has 2 unspecified atom stereocenters. The fourth-order valence-electron chi connectivity index (χ4n) is 3.57. The SMILES string of the molecule is COc1ccc(NC(=O)C2CCCN(C3CNNC(=O)C3)C2)cc1OC. The smallest absolute Gasteiger partial charge is 0.235 e. The van der Waals surface area contributed by atoms with E-state index in [0.717, 1.165) is 19.4 Å². The fraction of sp³-hybridized carbons (Fsp3) is 0.556. The maximum absolute atomic E-state index is 12.7. The van der Waals surface area contributed by atoms with Crippen molar-refractivity contribution in [2.45, 2.75) is 25.3 Å². The van der Waals surface area contributed by atoms with Gasteiger partial charge in [0.1, 0.15) is 0 Å². The first kappa shape index (κ1) is 18.5. The molecule has 2 atom stereocenters. The van der Waals surface area contributed by atoms with Crippen LogP contribution >= 0.6 is 0 Å². The zero-order chi connectivity index (χ0) is 18.5. The predicted molar refractivity (Wildman–Crippen MR) is 97.0 cm³/mol. The van der Waals surface area contributed by atoms with E-state index >= 15 is 0 Å². The van der Waals surface area contributed by atoms with E-state index in [0.29, 0.717) is 36.7 Å². The number of nitrogens with zero attached hydrogens (tertiary/aromatic N) is 1. The van der Waals surface area contributed by atoms with Crippen molar-refractivity contribution in [2.75, 3.05) is 39.2 Å². The van der Waals surface area contributed by atoms with Gasteiger partial charge in [-0.3, -0.25) is 19.9 Å². The number of carbonyl (C=O) groups excluding carboxylic acids is 2. The third kappa shape index (κ3) is 4.25. The van der Waals surface area contributed by atoms with Crippen LogP contribution in [0, 0.1) is 5.92 Å². The summed E-state index contributed by atoms with van der Waals surface area (Å²) >= 11 is 0. The number of benzene rings is 1. The highest BCUT2D eigenvalue weighted by atomic mass is 16.5. The number of hydrazine groups is 1. The summed E-state index contributed by atoms with van der Waals surface area (Å²) in [5.74, 6) is 1.10. The standard InChI is InChI=1S/C18H26N4O4/c1-25-15-6-5-13(8-16(15)26-2)20-18(24)12-4-3-7-22(11-12)14-9-17(23)21-19-10-14/h5-6,8,12,14,19H,3-4,7,9-11H2,1-2H3,(H,20,24)(H,21,23). The third-order valence-electron chi connectivity index (χ3n) is 4.98. The lowest BCUT2D eigenvalue weighted by atomic mass is 9.94. The number of methoxy groups -OCH3 is 2. The second-order valence-corrected chi connectivity index (χ2v) is 6.68. The lowest BCUT2D eigenvalue weighted by Gasteiger charge is -2.39. The summed E-state index contributed by atoms with van der Waals surface area (Å²) in [5.41, 5.74) is 6.23. The van der Waals surface area contributed by atoms with Gasteiger partial charge in [-0.25, -0.2) is 5.43 Å². The minimum absolute atomic E-state index is 0.00171. The first-order valence-corrected chi connectivity index (χ1v) is 8.89. The Bertz CT molecular complexity index is 667. The Balaban J connectivity index is 1.61. The van der Waals surface area contributed by atoms with Crippen LogP contribution in [0.3, 0.4) is 0 Å². The lowest BCUT2D eigenvalue weighted by Crippen LogP contribution is -2.57. The molecule has 0 bridgehead atoms. The Morgan fingerprint density at radius 1 is 1.27 bits per heavy atom. The first-order valence-electron chi connectivity index (χ1n) is 8.89. The topological polar surface area (TPSA) is 91.9 Å². The largest absolute Gasteiger partial charge is 0.493 e. The van der Waals surface area contributed by atoms with E-state index in [1.165, 1.54) is 0 Å². The van der Waals surface area contributed by atoms with Crippen molar-refractivity contribution in [3.8, 4) is 11.5 Å². The normalized spacial score (nSPS) is 23.8. The molecule has 3 N–H and O–H groups in total. The van der Waals surface area contributed by atoms with E-state index in [1.54, 1.807) is 32.4 Å². The fourth-order valence-corrected chi connectivity index (χ4v) is 3.57. The number of hydrogen-bond acceptors (Lipinski definition) is 6. The van der Waals surface area contributed by atoms with Gasteiger partial charge in [0, 0.05) is 37.3 Å². The molecule has 1 aromatic rings. The van der Waals surface area contributed by atoms with Crippen molar-refractivity contribution in [2.24, 2.45) is 5.92 Å². The number of rotatable bonds is 5. The quantitative estimate of drug-likeness (QED) is 0.716. The summed E-state index contributed by atoms with van der Waals surface area (Å²) in [6, 6.07) is 5.47. The van der Waals surface area contributed by atoms with Crippen molar-refractivity contribution >= 4 is 17.5 Å². The molecular weight excluding hydrogens is 336 g/mol. The van der Waals surface area contributed by atoms with Crippen LogP contribution in [0.2, 0.25) is 0 Å². The van der Waals surface area contributed by atoms with Gasteiger partial charge in [-0.2, -0.15) is 0 Å². The molecule has 2 fully saturated rings. The molecule has 2 aliphatic rings. The minimum Gasteiger partial charge on any atom is -0.493 e. The minimum atomic E-state index is -0.0955. The molecule has 2 aliphatic heterocycles. The number of anilines is 1. The highest BCUT2D eigenvalue weighted by Crippen LogP contribution is 2.30. The maximum atomic E-state index is 12.7. The van der Waals surface area contributed by atoms with Crippen LogP contribution in [-0.2, 0) is 9.59 Å². The predicted octanol–water partition coefficient (Wildman–Crippen LogP) is 0.747. The number of ether oxygens (including phenoxy) is 2. The zero-order valence-corrected chi connectivity index (χ0v) is 15.2. The van der Waals surface area contributed by atoms with Crippen LogP contribution in [0.25, 0.3) is 0 Å². The second kappa shape index (κ2) is 8.37. The van der Waals surface area contributed by atoms with Gasteiger partial charge < -0.3 is 14.8 Å². The van der Waals surface area contributed by atoms with Gasteiger partial charge in [0.05, 0.1) is 20.1 Å². The van der Waals surface area contributed by atoms with Crippen LogP contribution in [0.4, 0.5) is 5.69 Å². The number of hydrogen-bond donors (Lipinski definition) is 3. The van der Waals surface area contributed by atoms with Crippen molar-refractivity contribution in [3.63, 3.8) is 0 Å². The summed E-state index contributed by atoms with van der Waals surface area (Å²) in [6.45, 7) is 2.29. The van der Waals surface area contributed by atoms with E-state index < -0.39 is 0 Å². The molecule has 1 aromatic carbocycles. The van der Waals surface area contributed by atoms with E-state index in [1.807, 2.05) is 0 Å². The first-order chi connectivity index (χ1) is 12.6.